The van der Waals surface area contributed by atoms with Gasteiger partial charge >= 0.3 is 0 Å². The Morgan fingerprint density at radius 2 is 2.15 bits per heavy atom. The molecule has 0 spiro atoms. The number of fused-ring (bicyclic) bond motifs is 1. The van der Waals surface area contributed by atoms with E-state index in [2.05, 4.69) is 18.7 Å². The zero-order chi connectivity index (χ0) is 14.8. The molecule has 20 heavy (non-hydrogen) atoms. The van der Waals surface area contributed by atoms with Gasteiger partial charge in [-0.25, -0.2) is 8.42 Å². The van der Waals surface area contributed by atoms with Crippen LogP contribution in [-0.4, -0.2) is 39.9 Å². The van der Waals surface area contributed by atoms with E-state index in [0.29, 0.717) is 4.90 Å². The predicted octanol–water partition coefficient (Wildman–Crippen LogP) is 1.42. The minimum absolute atomic E-state index is 0.0314. The predicted molar refractivity (Wildman–Crippen MR) is 80.1 cm³/mol. The number of hydrogen-bond donors (Lipinski definition) is 1. The van der Waals surface area contributed by atoms with Gasteiger partial charge in [0.25, 0.3) is 0 Å². The Morgan fingerprint density at radius 1 is 1.40 bits per heavy atom. The summed E-state index contributed by atoms with van der Waals surface area (Å²) in [6, 6.07) is 5.06. The highest BCUT2D eigenvalue weighted by Gasteiger charge is 2.25. The Hall–Kier alpha value is -1.27. The lowest BCUT2D eigenvalue weighted by atomic mass is 10.1. The molecule has 5 nitrogen and oxygen atoms in total. The molecule has 1 aromatic rings. The quantitative estimate of drug-likeness (QED) is 0.890. The third-order valence-corrected chi connectivity index (χ3v) is 5.32. The van der Waals surface area contributed by atoms with Gasteiger partial charge in [-0.2, -0.15) is 0 Å². The topological polar surface area (TPSA) is 72.6 Å². The first-order valence-corrected chi connectivity index (χ1v) is 8.65. The van der Waals surface area contributed by atoms with Gasteiger partial charge in [0.05, 0.1) is 22.9 Å². The summed E-state index contributed by atoms with van der Waals surface area (Å²) >= 11 is 0. The lowest BCUT2D eigenvalue weighted by molar-refractivity contribution is 0.189. The van der Waals surface area contributed by atoms with Crippen LogP contribution in [0.5, 0.6) is 5.75 Å². The van der Waals surface area contributed by atoms with E-state index in [1.54, 1.807) is 18.2 Å². The summed E-state index contributed by atoms with van der Waals surface area (Å²) in [5.74, 6) is 0.729. The van der Waals surface area contributed by atoms with E-state index in [4.69, 9.17) is 10.5 Å². The second-order valence-electron chi connectivity index (χ2n) is 4.92. The van der Waals surface area contributed by atoms with Crippen LogP contribution in [0.2, 0.25) is 0 Å². The van der Waals surface area contributed by atoms with Gasteiger partial charge < -0.3 is 15.4 Å². The lowest BCUT2D eigenvalue weighted by Crippen LogP contribution is -2.39. The molecule has 112 valence electrons. The Labute approximate surface area is 120 Å². The van der Waals surface area contributed by atoms with E-state index >= 15 is 0 Å². The molecule has 1 unspecified atom stereocenters. The van der Waals surface area contributed by atoms with Crippen molar-refractivity contribution in [2.75, 3.05) is 30.3 Å². The van der Waals surface area contributed by atoms with Crippen LogP contribution < -0.4 is 15.4 Å². The van der Waals surface area contributed by atoms with Gasteiger partial charge in [-0.05, 0) is 31.5 Å². The van der Waals surface area contributed by atoms with Gasteiger partial charge in [0.2, 0.25) is 0 Å². The molecule has 1 atom stereocenters. The molecule has 1 aliphatic heterocycles. The fraction of sp³-hybridized carbons (Fsp3) is 0.571. The molecule has 0 amide bonds. The summed E-state index contributed by atoms with van der Waals surface area (Å²) in [5.41, 5.74) is 6.22. The summed E-state index contributed by atoms with van der Waals surface area (Å²) in [7, 11) is -3.30. The Morgan fingerprint density at radius 3 is 2.75 bits per heavy atom. The second kappa shape index (κ2) is 6.01. The molecule has 0 aromatic heterocycles. The first-order valence-electron chi connectivity index (χ1n) is 7.00. The van der Waals surface area contributed by atoms with Crippen molar-refractivity contribution in [1.29, 1.82) is 0 Å². The standard InChI is InChI=1S/C14H22N2O3S/c1-3-11-10-16(4-2)13-9-12(5-6-14(13)19-11)20(17,18)8-7-15/h5-6,9,11H,3-4,7-8,10,15H2,1-2H3. The van der Waals surface area contributed by atoms with E-state index in [-0.39, 0.29) is 18.4 Å². The molecule has 2 N–H and O–H groups in total. The number of benzene rings is 1. The number of nitrogens with zero attached hydrogens (tertiary/aromatic N) is 1. The summed E-state index contributed by atoms with van der Waals surface area (Å²) in [6.45, 7) is 5.89. The molecule has 0 radical (unpaired) electrons. The highest BCUT2D eigenvalue weighted by atomic mass is 32.2. The van der Waals surface area contributed by atoms with E-state index in [1.807, 2.05) is 0 Å². The lowest BCUT2D eigenvalue weighted by Gasteiger charge is -2.35. The van der Waals surface area contributed by atoms with E-state index in [1.165, 1.54) is 0 Å². The fourth-order valence-electron chi connectivity index (χ4n) is 2.38. The number of hydrogen-bond acceptors (Lipinski definition) is 5. The molecule has 0 bridgehead atoms. The third kappa shape index (κ3) is 2.91. The maximum Gasteiger partial charge on any atom is 0.179 e. The van der Waals surface area contributed by atoms with Crippen molar-refractivity contribution < 1.29 is 13.2 Å². The van der Waals surface area contributed by atoms with Crippen LogP contribution in [0.25, 0.3) is 0 Å². The second-order valence-corrected chi connectivity index (χ2v) is 7.03. The van der Waals surface area contributed by atoms with Gasteiger partial charge in [-0.3, -0.25) is 0 Å². The monoisotopic (exact) mass is 298 g/mol. The molecule has 6 heteroatoms. The zero-order valence-corrected chi connectivity index (χ0v) is 12.8. The SMILES string of the molecule is CCC1CN(CC)c2cc(S(=O)(=O)CCN)ccc2O1. The average Bonchev–Trinajstić information content (AvgIpc) is 2.45. The summed E-state index contributed by atoms with van der Waals surface area (Å²) < 4.78 is 30.1. The van der Waals surface area contributed by atoms with Crippen LogP contribution in [0.4, 0.5) is 5.69 Å². The van der Waals surface area contributed by atoms with Crippen molar-refractivity contribution in [2.24, 2.45) is 5.73 Å². The van der Waals surface area contributed by atoms with Gasteiger partial charge in [0, 0.05) is 13.1 Å². The first-order chi connectivity index (χ1) is 9.51. The molecule has 1 aliphatic rings. The van der Waals surface area contributed by atoms with Crippen molar-refractivity contribution in [3.05, 3.63) is 18.2 Å². The van der Waals surface area contributed by atoms with E-state index < -0.39 is 9.84 Å². The number of rotatable bonds is 5. The molecule has 0 aliphatic carbocycles. The third-order valence-electron chi connectivity index (χ3n) is 3.57. The number of sulfone groups is 1. The number of anilines is 1. The highest BCUT2D eigenvalue weighted by Crippen LogP contribution is 2.36. The number of likely N-dealkylation sites (N-methyl/N-ethyl adjacent to an activating group) is 1. The van der Waals surface area contributed by atoms with Gasteiger partial charge in [-0.1, -0.05) is 6.92 Å². The number of ether oxygens (including phenoxy) is 1. The molecule has 0 saturated heterocycles. The van der Waals surface area contributed by atoms with Gasteiger partial charge in [0.15, 0.2) is 9.84 Å². The van der Waals surface area contributed by atoms with Gasteiger partial charge in [-0.15, -0.1) is 0 Å². The smallest absolute Gasteiger partial charge is 0.179 e. The maximum atomic E-state index is 12.1. The first kappa shape index (κ1) is 15.1. The Kier molecular flexibility index (Phi) is 4.55. The van der Waals surface area contributed by atoms with Crippen LogP contribution in [-0.2, 0) is 9.84 Å². The molecular formula is C14H22N2O3S. The normalized spacial score (nSPS) is 18.6. The van der Waals surface area contributed by atoms with Crippen molar-refractivity contribution >= 4 is 15.5 Å². The van der Waals surface area contributed by atoms with Crippen molar-refractivity contribution in [3.63, 3.8) is 0 Å². The van der Waals surface area contributed by atoms with Crippen LogP contribution in [0.15, 0.2) is 23.1 Å². The zero-order valence-electron chi connectivity index (χ0n) is 12.0. The van der Waals surface area contributed by atoms with Crippen LogP contribution >= 0.6 is 0 Å². The van der Waals surface area contributed by atoms with Crippen molar-refractivity contribution in [3.8, 4) is 5.75 Å². The fourth-order valence-corrected chi connectivity index (χ4v) is 3.50. The van der Waals surface area contributed by atoms with Crippen LogP contribution in [0.1, 0.15) is 20.3 Å². The minimum Gasteiger partial charge on any atom is -0.486 e. The molecule has 1 heterocycles. The summed E-state index contributed by atoms with van der Waals surface area (Å²) in [5, 5.41) is 0. The summed E-state index contributed by atoms with van der Waals surface area (Å²) in [6.07, 6.45) is 1.09. The van der Waals surface area contributed by atoms with Crippen molar-refractivity contribution in [1.82, 2.24) is 0 Å². The Balaban J connectivity index is 2.40. The van der Waals surface area contributed by atoms with E-state index in [0.717, 1.165) is 30.9 Å². The molecule has 1 aromatic carbocycles. The van der Waals surface area contributed by atoms with Crippen molar-refractivity contribution in [2.45, 2.75) is 31.3 Å². The average molecular weight is 298 g/mol. The minimum atomic E-state index is -3.30. The molecular weight excluding hydrogens is 276 g/mol. The molecule has 2 rings (SSSR count). The molecule has 0 fully saturated rings. The van der Waals surface area contributed by atoms with Crippen LogP contribution in [0, 0.1) is 0 Å². The largest absolute Gasteiger partial charge is 0.486 e. The highest BCUT2D eigenvalue weighted by molar-refractivity contribution is 7.91. The maximum absolute atomic E-state index is 12.1. The van der Waals surface area contributed by atoms with E-state index in [9.17, 15) is 8.42 Å². The summed E-state index contributed by atoms with van der Waals surface area (Å²) in [4.78, 5) is 2.48. The molecule has 0 saturated carbocycles. The van der Waals surface area contributed by atoms with Crippen LogP contribution in [0.3, 0.4) is 0 Å². The Bertz CT molecular complexity index is 572. The number of nitrogens with two attached hydrogens (primary N) is 1. The van der Waals surface area contributed by atoms with Gasteiger partial charge in [0.1, 0.15) is 11.9 Å².